The van der Waals surface area contributed by atoms with Gasteiger partial charge in [-0.1, -0.05) is 49.9 Å². The van der Waals surface area contributed by atoms with Crippen LogP contribution in [0, 0.1) is 5.92 Å². The average molecular weight is 407 g/mol. The van der Waals surface area contributed by atoms with Gasteiger partial charge in [0.25, 0.3) is 5.91 Å². The number of hydrogen-bond acceptors (Lipinski definition) is 4. The van der Waals surface area contributed by atoms with Crippen LogP contribution in [0.5, 0.6) is 0 Å². The topological polar surface area (TPSA) is 41.5 Å². The van der Waals surface area contributed by atoms with Gasteiger partial charge in [-0.15, -0.1) is 11.3 Å². The highest BCUT2D eigenvalue weighted by molar-refractivity contribution is 7.99. The molecule has 1 amide bonds. The zero-order valence-corrected chi connectivity index (χ0v) is 17.6. The van der Waals surface area contributed by atoms with E-state index in [9.17, 15) is 4.79 Å². The number of fused-ring (bicyclic) bond motifs is 2. The van der Waals surface area contributed by atoms with Crippen molar-refractivity contribution in [3.8, 4) is 0 Å². The molecule has 1 aliphatic rings. The Hall–Kier alpha value is -2.37. The van der Waals surface area contributed by atoms with Gasteiger partial charge in [0.05, 0.1) is 16.3 Å². The van der Waals surface area contributed by atoms with Gasteiger partial charge >= 0.3 is 0 Å². The normalized spacial score (nSPS) is 12.8. The molecule has 1 aliphatic heterocycles. The molecule has 3 aromatic rings. The summed E-state index contributed by atoms with van der Waals surface area (Å²) < 4.78 is 0. The molecule has 0 radical (unpaired) electrons. The van der Waals surface area contributed by atoms with Crippen molar-refractivity contribution in [1.82, 2.24) is 5.32 Å². The Balaban J connectivity index is 1.71. The molecule has 0 atom stereocenters. The lowest BCUT2D eigenvalue weighted by Crippen LogP contribution is -2.25. The third kappa shape index (κ3) is 4.05. The molecule has 4 rings (SSSR count). The van der Waals surface area contributed by atoms with Crippen LogP contribution in [0.1, 0.15) is 41.1 Å². The second-order valence-electron chi connectivity index (χ2n) is 7.16. The van der Waals surface area contributed by atoms with Gasteiger partial charge in [-0.2, -0.15) is 0 Å². The second kappa shape index (κ2) is 8.33. The number of benzene rings is 2. The number of aliphatic imine (C=N–C) groups is 1. The minimum absolute atomic E-state index is 0.0388. The standard InChI is InChI=1S/C23H22N2OS2/c1-15(2)11-12-24-23(26)16-9-10-20-18(14-16)25-22(21-8-5-13-27-21)17-6-3-4-7-19(17)28-20/h3-10,13-15H,11-12H2,1-2H3,(H,24,26). The van der Waals surface area contributed by atoms with Gasteiger partial charge in [0.2, 0.25) is 0 Å². The van der Waals surface area contributed by atoms with E-state index in [0.717, 1.165) is 33.2 Å². The molecule has 28 heavy (non-hydrogen) atoms. The van der Waals surface area contributed by atoms with Crippen molar-refractivity contribution in [3.05, 3.63) is 76.0 Å². The highest BCUT2D eigenvalue weighted by atomic mass is 32.2. The van der Waals surface area contributed by atoms with Crippen LogP contribution in [0.15, 0.2) is 74.8 Å². The van der Waals surface area contributed by atoms with E-state index in [1.165, 1.54) is 4.90 Å². The maximum absolute atomic E-state index is 12.6. The molecule has 0 bridgehead atoms. The molecule has 1 aromatic heterocycles. The number of amides is 1. The average Bonchev–Trinajstić information content (AvgIpc) is 3.16. The van der Waals surface area contributed by atoms with Gasteiger partial charge in [-0.3, -0.25) is 4.79 Å². The summed E-state index contributed by atoms with van der Waals surface area (Å²) >= 11 is 3.39. The van der Waals surface area contributed by atoms with Crippen molar-refractivity contribution < 1.29 is 4.79 Å². The highest BCUT2D eigenvalue weighted by Crippen LogP contribution is 2.41. The fourth-order valence-electron chi connectivity index (χ4n) is 3.06. The molecule has 0 unspecified atom stereocenters. The Kier molecular flexibility index (Phi) is 5.64. The molecular weight excluding hydrogens is 384 g/mol. The minimum atomic E-state index is -0.0388. The van der Waals surface area contributed by atoms with Crippen LogP contribution in [0.3, 0.4) is 0 Å². The lowest BCUT2D eigenvalue weighted by molar-refractivity contribution is 0.0952. The lowest BCUT2D eigenvalue weighted by Gasteiger charge is -2.09. The third-order valence-corrected chi connectivity index (χ3v) is 6.59. The Bertz CT molecular complexity index is 1020. The zero-order chi connectivity index (χ0) is 19.5. The smallest absolute Gasteiger partial charge is 0.251 e. The van der Waals surface area contributed by atoms with Crippen LogP contribution in [-0.4, -0.2) is 18.2 Å². The summed E-state index contributed by atoms with van der Waals surface area (Å²) in [5, 5.41) is 5.08. The van der Waals surface area contributed by atoms with Crippen LogP contribution < -0.4 is 5.32 Å². The summed E-state index contributed by atoms with van der Waals surface area (Å²) in [5.41, 5.74) is 3.60. The first-order valence-corrected chi connectivity index (χ1v) is 11.1. The largest absolute Gasteiger partial charge is 0.352 e. The fourth-order valence-corrected chi connectivity index (χ4v) is 4.79. The predicted molar refractivity (Wildman–Crippen MR) is 118 cm³/mol. The molecule has 1 N–H and O–H groups in total. The molecule has 2 aromatic carbocycles. The summed E-state index contributed by atoms with van der Waals surface area (Å²) in [7, 11) is 0. The van der Waals surface area contributed by atoms with Gasteiger partial charge in [0.1, 0.15) is 0 Å². The van der Waals surface area contributed by atoms with Gasteiger partial charge in [0.15, 0.2) is 0 Å². The first kappa shape index (κ1) is 19.0. The first-order valence-electron chi connectivity index (χ1n) is 9.44. The molecule has 0 saturated heterocycles. The number of nitrogens with zero attached hydrogens (tertiary/aromatic N) is 1. The molecular formula is C23H22N2OS2. The van der Waals surface area contributed by atoms with E-state index in [1.54, 1.807) is 23.1 Å². The van der Waals surface area contributed by atoms with E-state index in [1.807, 2.05) is 30.3 Å². The molecule has 3 nitrogen and oxygen atoms in total. The number of hydrogen-bond donors (Lipinski definition) is 1. The fraction of sp³-hybridized carbons (Fsp3) is 0.217. The predicted octanol–water partition coefficient (Wildman–Crippen LogP) is 6.16. The monoisotopic (exact) mass is 406 g/mol. The summed E-state index contributed by atoms with van der Waals surface area (Å²) in [6.45, 7) is 5.01. The molecule has 0 fully saturated rings. The van der Waals surface area contributed by atoms with Gasteiger partial charge in [-0.25, -0.2) is 4.99 Å². The lowest BCUT2D eigenvalue weighted by atomic mass is 10.1. The molecule has 2 heterocycles. The SMILES string of the molecule is CC(C)CCNC(=O)c1ccc2c(c1)N=C(c1cccs1)c1ccccc1S2. The summed E-state index contributed by atoms with van der Waals surface area (Å²) in [5.74, 6) is 0.531. The number of carbonyl (C=O) groups is 1. The number of rotatable bonds is 5. The van der Waals surface area contributed by atoms with E-state index < -0.39 is 0 Å². The summed E-state index contributed by atoms with van der Waals surface area (Å²) in [6.07, 6.45) is 0.975. The van der Waals surface area contributed by atoms with E-state index >= 15 is 0 Å². The van der Waals surface area contributed by atoms with Crippen LogP contribution >= 0.6 is 23.1 Å². The third-order valence-electron chi connectivity index (χ3n) is 4.58. The number of thiophene rings is 1. The maximum Gasteiger partial charge on any atom is 0.251 e. The van der Waals surface area contributed by atoms with Crippen molar-refractivity contribution in [2.45, 2.75) is 30.1 Å². The summed E-state index contributed by atoms with van der Waals surface area (Å²) in [6, 6.07) is 18.3. The Labute approximate surface area is 173 Å². The van der Waals surface area contributed by atoms with Gasteiger partial charge < -0.3 is 5.32 Å². The van der Waals surface area contributed by atoms with Crippen molar-refractivity contribution >= 4 is 40.4 Å². The number of nitrogens with one attached hydrogen (secondary N) is 1. The van der Waals surface area contributed by atoms with Crippen molar-refractivity contribution in [2.75, 3.05) is 6.54 Å². The molecule has 0 spiro atoms. The van der Waals surface area contributed by atoms with Crippen LogP contribution in [0.25, 0.3) is 0 Å². The van der Waals surface area contributed by atoms with E-state index in [4.69, 9.17) is 4.99 Å². The quantitative estimate of drug-likeness (QED) is 0.431. The molecule has 0 saturated carbocycles. The van der Waals surface area contributed by atoms with Crippen LogP contribution in [-0.2, 0) is 0 Å². The minimum Gasteiger partial charge on any atom is -0.352 e. The van der Waals surface area contributed by atoms with Crippen molar-refractivity contribution in [1.29, 1.82) is 0 Å². The molecule has 142 valence electrons. The van der Waals surface area contributed by atoms with Crippen molar-refractivity contribution in [3.63, 3.8) is 0 Å². The highest BCUT2D eigenvalue weighted by Gasteiger charge is 2.20. The molecule has 0 aliphatic carbocycles. The summed E-state index contributed by atoms with van der Waals surface area (Å²) in [4.78, 5) is 20.9. The van der Waals surface area contributed by atoms with E-state index in [-0.39, 0.29) is 5.91 Å². The molecule has 5 heteroatoms. The van der Waals surface area contributed by atoms with Gasteiger partial charge in [0, 0.05) is 27.5 Å². The van der Waals surface area contributed by atoms with Crippen LogP contribution in [0.2, 0.25) is 0 Å². The van der Waals surface area contributed by atoms with E-state index in [0.29, 0.717) is 18.0 Å². The zero-order valence-electron chi connectivity index (χ0n) is 15.9. The Morgan fingerprint density at radius 2 is 1.93 bits per heavy atom. The first-order chi connectivity index (χ1) is 13.6. The Morgan fingerprint density at radius 3 is 2.71 bits per heavy atom. The Morgan fingerprint density at radius 1 is 1.07 bits per heavy atom. The van der Waals surface area contributed by atoms with E-state index in [2.05, 4.69) is 48.8 Å². The van der Waals surface area contributed by atoms with Gasteiger partial charge in [-0.05, 0) is 48.1 Å². The maximum atomic E-state index is 12.6. The number of carbonyl (C=O) groups excluding carboxylic acids is 1. The second-order valence-corrected chi connectivity index (χ2v) is 9.19. The van der Waals surface area contributed by atoms with Crippen LogP contribution in [0.4, 0.5) is 5.69 Å². The van der Waals surface area contributed by atoms with Crippen molar-refractivity contribution in [2.24, 2.45) is 10.9 Å².